The first kappa shape index (κ1) is 16.5. The van der Waals surface area contributed by atoms with Gasteiger partial charge in [-0.1, -0.05) is 0 Å². The summed E-state index contributed by atoms with van der Waals surface area (Å²) >= 11 is 0. The monoisotopic (exact) mass is 316 g/mol. The van der Waals surface area contributed by atoms with Gasteiger partial charge in [-0.25, -0.2) is 12.8 Å². The number of sulfonamides is 1. The van der Waals surface area contributed by atoms with E-state index in [4.69, 9.17) is 11.5 Å². The van der Waals surface area contributed by atoms with Crippen molar-refractivity contribution in [1.29, 1.82) is 0 Å². The Morgan fingerprint density at radius 1 is 1.57 bits per heavy atom. The van der Waals surface area contributed by atoms with Gasteiger partial charge in [0.05, 0.1) is 4.92 Å². The number of nitrogens with zero attached hydrogens (tertiary/aromatic N) is 1. The Bertz CT molecular complexity index is 725. The molecular formula is C11H9FN2O6S. The topological polar surface area (TPSA) is 127 Å². The van der Waals surface area contributed by atoms with Crippen molar-refractivity contribution in [2.24, 2.45) is 0 Å². The fourth-order valence-corrected chi connectivity index (χ4v) is 2.65. The predicted octanol–water partition coefficient (Wildman–Crippen LogP) is 0.489. The van der Waals surface area contributed by atoms with Crippen LogP contribution in [0.25, 0.3) is 0 Å². The maximum absolute atomic E-state index is 13.5. The third-order valence-corrected chi connectivity index (χ3v) is 3.82. The minimum absolute atomic E-state index is 0.467. The Morgan fingerprint density at radius 3 is 2.67 bits per heavy atom. The maximum Gasteiger partial charge on any atom is 0.322 e. The summed E-state index contributed by atoms with van der Waals surface area (Å²) < 4.78 is 39.0. The van der Waals surface area contributed by atoms with Crippen LogP contribution in [0.15, 0.2) is 23.1 Å². The number of carboxylic acid groups (broad SMARTS) is 1. The lowest BCUT2D eigenvalue weighted by Crippen LogP contribution is -2.40. The molecule has 1 aromatic carbocycles. The van der Waals surface area contributed by atoms with E-state index in [1.54, 1.807) is 4.72 Å². The highest BCUT2D eigenvalue weighted by Gasteiger charge is 2.28. The first-order chi connectivity index (χ1) is 9.69. The zero-order valence-electron chi connectivity index (χ0n) is 10.3. The van der Waals surface area contributed by atoms with E-state index in [0.717, 1.165) is 6.07 Å². The van der Waals surface area contributed by atoms with Crippen molar-refractivity contribution in [1.82, 2.24) is 4.72 Å². The molecular weight excluding hydrogens is 307 g/mol. The molecule has 1 atom stereocenters. The summed E-state index contributed by atoms with van der Waals surface area (Å²) in [6.07, 6.45) is 4.44. The molecule has 10 heteroatoms. The van der Waals surface area contributed by atoms with Gasteiger partial charge in [-0.2, -0.15) is 4.72 Å². The van der Waals surface area contributed by atoms with Crippen LogP contribution in [0.4, 0.5) is 10.1 Å². The van der Waals surface area contributed by atoms with E-state index in [-0.39, 0.29) is 0 Å². The van der Waals surface area contributed by atoms with Gasteiger partial charge >= 0.3 is 5.97 Å². The van der Waals surface area contributed by atoms with E-state index < -0.39 is 49.8 Å². The lowest BCUT2D eigenvalue weighted by atomic mass is 10.2. The molecule has 2 N–H and O–H groups in total. The largest absolute Gasteiger partial charge is 0.480 e. The van der Waals surface area contributed by atoms with Crippen LogP contribution in [0.3, 0.4) is 0 Å². The molecule has 0 radical (unpaired) electrons. The molecule has 0 aliphatic rings. The van der Waals surface area contributed by atoms with E-state index in [1.165, 1.54) is 0 Å². The molecule has 1 unspecified atom stereocenters. The quantitative estimate of drug-likeness (QED) is 0.447. The number of aliphatic carboxylic acids is 1. The fraction of sp³-hybridized carbons (Fsp3) is 0.182. The van der Waals surface area contributed by atoms with Crippen molar-refractivity contribution in [3.63, 3.8) is 0 Å². The number of halogens is 1. The molecule has 8 nitrogen and oxygen atoms in total. The number of nitro groups is 1. The van der Waals surface area contributed by atoms with Crippen LogP contribution < -0.4 is 4.72 Å². The lowest BCUT2D eigenvalue weighted by Gasteiger charge is -2.12. The second kappa shape index (κ2) is 6.29. The molecule has 0 bridgehead atoms. The van der Waals surface area contributed by atoms with Crippen molar-refractivity contribution < 1.29 is 27.6 Å². The molecule has 0 aliphatic carbocycles. The Balaban J connectivity index is 3.25. The number of non-ortho nitro benzene ring substituents is 1. The van der Waals surface area contributed by atoms with Crippen molar-refractivity contribution in [3.8, 4) is 12.3 Å². The molecule has 0 aromatic heterocycles. The van der Waals surface area contributed by atoms with Gasteiger partial charge in [-0.15, -0.1) is 12.3 Å². The van der Waals surface area contributed by atoms with Crippen molar-refractivity contribution in [2.75, 3.05) is 0 Å². The standard InChI is InChI=1S/C11H9FN2O6S/c1-2-3-9(11(15)16)13-21(19,20)10-6-7(14(17)18)4-5-8(10)12/h1,4-6,9,13H,3H2,(H,15,16). The summed E-state index contributed by atoms with van der Waals surface area (Å²) in [7, 11) is -4.62. The summed E-state index contributed by atoms with van der Waals surface area (Å²) in [6.45, 7) is 0. The Hall–Kier alpha value is -2.51. The molecule has 21 heavy (non-hydrogen) atoms. The minimum Gasteiger partial charge on any atom is -0.480 e. The van der Waals surface area contributed by atoms with Crippen LogP contribution in [0, 0.1) is 28.3 Å². The number of hydrogen-bond acceptors (Lipinski definition) is 5. The normalized spacial score (nSPS) is 12.4. The summed E-state index contributed by atoms with van der Waals surface area (Å²) in [4.78, 5) is 19.5. The van der Waals surface area contributed by atoms with Gasteiger partial charge in [0.25, 0.3) is 5.69 Å². The van der Waals surface area contributed by atoms with Gasteiger partial charge in [0, 0.05) is 18.6 Å². The van der Waals surface area contributed by atoms with Gasteiger partial charge in [0.15, 0.2) is 0 Å². The smallest absolute Gasteiger partial charge is 0.322 e. The number of nitrogens with one attached hydrogen (secondary N) is 1. The van der Waals surface area contributed by atoms with Gasteiger partial charge < -0.3 is 5.11 Å². The molecule has 0 aliphatic heterocycles. The van der Waals surface area contributed by atoms with Crippen molar-refractivity contribution >= 4 is 21.7 Å². The molecule has 0 amide bonds. The van der Waals surface area contributed by atoms with Crippen LogP contribution in [-0.4, -0.2) is 30.5 Å². The highest BCUT2D eigenvalue weighted by Crippen LogP contribution is 2.21. The van der Waals surface area contributed by atoms with Crippen molar-refractivity contribution in [3.05, 3.63) is 34.1 Å². The number of carboxylic acids is 1. The first-order valence-electron chi connectivity index (χ1n) is 5.31. The average Bonchev–Trinajstić information content (AvgIpc) is 2.37. The van der Waals surface area contributed by atoms with E-state index in [2.05, 4.69) is 0 Å². The Morgan fingerprint density at radius 2 is 2.19 bits per heavy atom. The van der Waals surface area contributed by atoms with Crippen LogP contribution in [0.5, 0.6) is 0 Å². The zero-order chi connectivity index (χ0) is 16.2. The summed E-state index contributed by atoms with van der Waals surface area (Å²) in [6, 6.07) is 0.208. The Labute approximate surface area is 118 Å². The summed E-state index contributed by atoms with van der Waals surface area (Å²) in [5.74, 6) is -0.848. The SMILES string of the molecule is C#CCC(NS(=O)(=O)c1cc([N+](=O)[O-])ccc1F)C(=O)O. The molecule has 112 valence electrons. The number of hydrogen-bond donors (Lipinski definition) is 2. The highest BCUT2D eigenvalue weighted by molar-refractivity contribution is 7.89. The number of rotatable bonds is 6. The third kappa shape index (κ3) is 3.98. The molecule has 1 rings (SSSR count). The molecule has 1 aromatic rings. The lowest BCUT2D eigenvalue weighted by molar-refractivity contribution is -0.385. The highest BCUT2D eigenvalue weighted by atomic mass is 32.2. The van der Waals surface area contributed by atoms with E-state index in [9.17, 15) is 27.7 Å². The predicted molar refractivity (Wildman–Crippen MR) is 68.2 cm³/mol. The number of benzene rings is 1. The average molecular weight is 316 g/mol. The van der Waals surface area contributed by atoms with Gasteiger partial charge in [0.2, 0.25) is 10.0 Å². The number of nitro benzene ring substituents is 1. The van der Waals surface area contributed by atoms with E-state index >= 15 is 0 Å². The Kier molecular flexibility index (Phi) is 4.96. The summed E-state index contributed by atoms with van der Waals surface area (Å²) in [5.41, 5.74) is -0.652. The van der Waals surface area contributed by atoms with Crippen LogP contribution in [0.1, 0.15) is 6.42 Å². The second-order valence-electron chi connectivity index (χ2n) is 3.79. The first-order valence-corrected chi connectivity index (χ1v) is 6.80. The molecule has 0 spiro atoms. The zero-order valence-corrected chi connectivity index (χ0v) is 11.1. The van der Waals surface area contributed by atoms with Gasteiger partial charge in [-0.3, -0.25) is 14.9 Å². The van der Waals surface area contributed by atoms with Gasteiger partial charge in [0.1, 0.15) is 16.8 Å². The fourth-order valence-electron chi connectivity index (χ4n) is 1.36. The van der Waals surface area contributed by atoms with Crippen LogP contribution in [-0.2, 0) is 14.8 Å². The number of terminal acetylenes is 1. The number of carbonyl (C=O) groups is 1. The van der Waals surface area contributed by atoms with Crippen molar-refractivity contribution in [2.45, 2.75) is 17.4 Å². The summed E-state index contributed by atoms with van der Waals surface area (Å²) in [5, 5.41) is 19.4. The van der Waals surface area contributed by atoms with Crippen LogP contribution >= 0.6 is 0 Å². The molecule has 0 heterocycles. The van der Waals surface area contributed by atoms with Gasteiger partial charge in [-0.05, 0) is 6.07 Å². The van der Waals surface area contributed by atoms with E-state index in [0.29, 0.717) is 12.1 Å². The molecule has 0 fully saturated rings. The van der Waals surface area contributed by atoms with Crippen LogP contribution in [0.2, 0.25) is 0 Å². The maximum atomic E-state index is 13.5. The molecule has 0 saturated carbocycles. The third-order valence-electron chi connectivity index (χ3n) is 2.33. The van der Waals surface area contributed by atoms with E-state index in [1.807, 2.05) is 5.92 Å². The minimum atomic E-state index is -4.62. The second-order valence-corrected chi connectivity index (χ2v) is 5.47. The molecule has 0 saturated heterocycles.